The molecule has 1 saturated heterocycles. The number of halogens is 1. The van der Waals surface area contributed by atoms with Gasteiger partial charge in [-0.3, -0.25) is 9.78 Å². The van der Waals surface area contributed by atoms with Crippen LogP contribution in [-0.4, -0.2) is 42.7 Å². The molecule has 1 amide bonds. The van der Waals surface area contributed by atoms with Crippen LogP contribution in [0.3, 0.4) is 0 Å². The van der Waals surface area contributed by atoms with E-state index in [1.165, 1.54) is 10.5 Å². The Labute approximate surface area is 160 Å². The number of carbonyl (C=O) groups excluding carboxylic acids is 1. The topological polar surface area (TPSA) is 105 Å². The van der Waals surface area contributed by atoms with Crippen LogP contribution in [0, 0.1) is 0 Å². The number of hydrogen-bond acceptors (Lipinski definition) is 5. The Morgan fingerprint density at radius 2 is 2.00 bits per heavy atom. The highest BCUT2D eigenvalue weighted by Crippen LogP contribution is 2.24. The maximum Gasteiger partial charge on any atom is 0.252 e. The molecule has 7 nitrogen and oxygen atoms in total. The Kier molecular flexibility index (Phi) is 5.59. The molecule has 1 aromatic heterocycles. The van der Waals surface area contributed by atoms with Crippen molar-refractivity contribution in [1.29, 1.82) is 0 Å². The fourth-order valence-corrected chi connectivity index (χ4v) is 4.76. The van der Waals surface area contributed by atoms with Crippen molar-refractivity contribution in [3.8, 4) is 0 Å². The molecule has 3 N–H and O–H groups in total. The van der Waals surface area contributed by atoms with Crippen molar-refractivity contribution in [2.75, 3.05) is 18.4 Å². The number of hydrogen-bond donors (Lipinski definition) is 2. The fourth-order valence-electron chi connectivity index (χ4n) is 2.97. The van der Waals surface area contributed by atoms with Crippen LogP contribution >= 0.6 is 15.9 Å². The van der Waals surface area contributed by atoms with Crippen molar-refractivity contribution >= 4 is 37.5 Å². The lowest BCUT2D eigenvalue weighted by Gasteiger charge is -2.33. The second-order valence-electron chi connectivity index (χ2n) is 6.09. The van der Waals surface area contributed by atoms with Crippen LogP contribution in [0.25, 0.3) is 0 Å². The molecule has 9 heteroatoms. The molecule has 26 heavy (non-hydrogen) atoms. The van der Waals surface area contributed by atoms with Crippen LogP contribution in [-0.2, 0) is 10.0 Å². The number of nitrogens with two attached hydrogens (primary N) is 1. The number of aromatic nitrogens is 1. The van der Waals surface area contributed by atoms with Gasteiger partial charge >= 0.3 is 0 Å². The van der Waals surface area contributed by atoms with Crippen LogP contribution in [0.15, 0.2) is 52.1 Å². The van der Waals surface area contributed by atoms with Crippen molar-refractivity contribution in [1.82, 2.24) is 9.29 Å². The van der Waals surface area contributed by atoms with Gasteiger partial charge < -0.3 is 11.1 Å². The molecule has 2 aromatic rings. The van der Waals surface area contributed by atoms with Crippen LogP contribution in [0.1, 0.15) is 23.2 Å². The largest absolute Gasteiger partial charge is 0.380 e. The van der Waals surface area contributed by atoms with E-state index in [-0.39, 0.29) is 10.9 Å². The van der Waals surface area contributed by atoms with Gasteiger partial charge in [0.2, 0.25) is 10.0 Å². The van der Waals surface area contributed by atoms with E-state index < -0.39 is 15.9 Å². The minimum atomic E-state index is -3.56. The first kappa shape index (κ1) is 18.8. The number of rotatable bonds is 5. The number of benzene rings is 1. The highest BCUT2D eigenvalue weighted by atomic mass is 79.9. The second-order valence-corrected chi connectivity index (χ2v) is 8.94. The van der Waals surface area contributed by atoms with Crippen molar-refractivity contribution in [2.45, 2.75) is 23.8 Å². The van der Waals surface area contributed by atoms with E-state index in [0.29, 0.717) is 24.3 Å². The number of carbonyl (C=O) groups is 1. The van der Waals surface area contributed by atoms with Gasteiger partial charge in [-0.05, 0) is 43.2 Å². The quantitative estimate of drug-likeness (QED) is 0.743. The van der Waals surface area contributed by atoms with Gasteiger partial charge in [0.25, 0.3) is 5.91 Å². The number of amides is 1. The van der Waals surface area contributed by atoms with E-state index in [9.17, 15) is 13.2 Å². The number of sulfonamides is 1. The molecule has 0 aliphatic carbocycles. The molecule has 0 saturated carbocycles. The van der Waals surface area contributed by atoms with E-state index in [1.807, 2.05) is 0 Å². The van der Waals surface area contributed by atoms with Gasteiger partial charge in [0.15, 0.2) is 0 Å². The standard InChI is InChI=1S/C17H19BrN4O3S/c18-12-3-5-14(6-4-12)26(24,25)22-9-1-2-13(11-22)21-16-7-8-20-10-15(16)17(19)23/h3-8,10,13H,1-2,9,11H2,(H2,19,23)(H,20,21). The van der Waals surface area contributed by atoms with Crippen LogP contribution in [0.4, 0.5) is 5.69 Å². The third kappa shape index (κ3) is 4.05. The number of nitrogens with zero attached hydrogens (tertiary/aromatic N) is 2. The Balaban J connectivity index is 1.77. The molecular formula is C17H19BrN4O3S. The second kappa shape index (κ2) is 7.73. The fraction of sp³-hybridized carbons (Fsp3) is 0.294. The number of pyridine rings is 1. The Hall–Kier alpha value is -1.97. The van der Waals surface area contributed by atoms with Crippen LogP contribution in [0.5, 0.6) is 0 Å². The predicted molar refractivity (Wildman–Crippen MR) is 102 cm³/mol. The summed E-state index contributed by atoms with van der Waals surface area (Å²) in [4.78, 5) is 15.7. The minimum absolute atomic E-state index is 0.116. The summed E-state index contributed by atoms with van der Waals surface area (Å²) in [5.41, 5.74) is 6.24. The molecule has 0 bridgehead atoms. The molecule has 0 spiro atoms. The van der Waals surface area contributed by atoms with Crippen molar-refractivity contribution in [3.05, 3.63) is 52.8 Å². The third-order valence-corrected chi connectivity index (χ3v) is 6.69. The van der Waals surface area contributed by atoms with Crippen LogP contribution < -0.4 is 11.1 Å². The summed E-state index contributed by atoms with van der Waals surface area (Å²) in [5.74, 6) is -0.573. The first-order valence-electron chi connectivity index (χ1n) is 8.14. The van der Waals surface area contributed by atoms with Gasteiger partial charge in [-0.1, -0.05) is 15.9 Å². The van der Waals surface area contributed by atoms with E-state index >= 15 is 0 Å². The molecule has 2 heterocycles. The van der Waals surface area contributed by atoms with Crippen molar-refractivity contribution in [3.63, 3.8) is 0 Å². The van der Waals surface area contributed by atoms with Gasteiger partial charge in [-0.15, -0.1) is 0 Å². The summed E-state index contributed by atoms with van der Waals surface area (Å²) in [6.45, 7) is 0.786. The smallest absolute Gasteiger partial charge is 0.252 e. The summed E-state index contributed by atoms with van der Waals surface area (Å²) < 4.78 is 28.0. The zero-order valence-corrected chi connectivity index (χ0v) is 16.3. The molecule has 3 rings (SSSR count). The van der Waals surface area contributed by atoms with E-state index in [1.54, 1.807) is 36.5 Å². The number of anilines is 1. The first-order valence-corrected chi connectivity index (χ1v) is 10.4. The van der Waals surface area contributed by atoms with E-state index in [4.69, 9.17) is 5.73 Å². The maximum absolute atomic E-state index is 12.9. The average Bonchev–Trinajstić information content (AvgIpc) is 2.62. The molecule has 1 atom stereocenters. The zero-order chi connectivity index (χ0) is 18.7. The Bertz CT molecular complexity index is 902. The van der Waals surface area contributed by atoms with Gasteiger partial charge in [-0.25, -0.2) is 8.42 Å². The van der Waals surface area contributed by atoms with Crippen molar-refractivity contribution < 1.29 is 13.2 Å². The van der Waals surface area contributed by atoms with Gasteiger partial charge in [0.1, 0.15) is 0 Å². The third-order valence-electron chi connectivity index (χ3n) is 4.28. The molecule has 0 radical (unpaired) electrons. The summed E-state index contributed by atoms with van der Waals surface area (Å²) in [6.07, 6.45) is 4.50. The minimum Gasteiger partial charge on any atom is -0.380 e. The summed E-state index contributed by atoms with van der Waals surface area (Å²) >= 11 is 3.31. The molecule has 1 aliphatic heterocycles. The molecule has 1 aliphatic rings. The SMILES string of the molecule is NC(=O)c1cnccc1NC1CCCN(S(=O)(=O)c2ccc(Br)cc2)C1. The molecular weight excluding hydrogens is 420 g/mol. The lowest BCUT2D eigenvalue weighted by molar-refractivity contribution is 0.100. The maximum atomic E-state index is 12.9. The Morgan fingerprint density at radius 1 is 1.27 bits per heavy atom. The average molecular weight is 439 g/mol. The first-order chi connectivity index (χ1) is 12.4. The zero-order valence-electron chi connectivity index (χ0n) is 13.9. The lowest BCUT2D eigenvalue weighted by Crippen LogP contribution is -2.45. The summed E-state index contributed by atoms with van der Waals surface area (Å²) in [6, 6.07) is 8.15. The van der Waals surface area contributed by atoms with Gasteiger partial charge in [0.05, 0.1) is 16.1 Å². The van der Waals surface area contributed by atoms with E-state index in [2.05, 4.69) is 26.2 Å². The lowest BCUT2D eigenvalue weighted by atomic mass is 10.1. The summed E-state index contributed by atoms with van der Waals surface area (Å²) in [7, 11) is -3.56. The van der Waals surface area contributed by atoms with E-state index in [0.717, 1.165) is 17.3 Å². The molecule has 1 aromatic carbocycles. The van der Waals surface area contributed by atoms with Crippen LogP contribution in [0.2, 0.25) is 0 Å². The monoisotopic (exact) mass is 438 g/mol. The molecule has 1 unspecified atom stereocenters. The van der Waals surface area contributed by atoms with Gasteiger partial charge in [-0.2, -0.15) is 4.31 Å². The highest BCUT2D eigenvalue weighted by molar-refractivity contribution is 9.10. The normalized spacial score (nSPS) is 18.4. The van der Waals surface area contributed by atoms with Crippen molar-refractivity contribution in [2.24, 2.45) is 5.73 Å². The Morgan fingerprint density at radius 3 is 2.69 bits per heavy atom. The molecule has 1 fully saturated rings. The number of primary amides is 1. The summed E-state index contributed by atoms with van der Waals surface area (Å²) in [5, 5.41) is 3.24. The number of piperidine rings is 1. The highest BCUT2D eigenvalue weighted by Gasteiger charge is 2.30. The van der Waals surface area contributed by atoms with Gasteiger partial charge in [0, 0.05) is 36.0 Å². The number of nitrogens with one attached hydrogen (secondary N) is 1. The predicted octanol–water partition coefficient (Wildman–Crippen LogP) is 2.21. The molecule has 138 valence electrons.